The van der Waals surface area contributed by atoms with Gasteiger partial charge < -0.3 is 15.6 Å². The molecule has 7 heteroatoms. The molecule has 26 heavy (non-hydrogen) atoms. The minimum atomic E-state index is -0.634. The molecule has 4 rings (SSSR count). The Morgan fingerprint density at radius 1 is 1.15 bits per heavy atom. The van der Waals surface area contributed by atoms with Crippen LogP contribution in [0.3, 0.4) is 0 Å². The summed E-state index contributed by atoms with van der Waals surface area (Å²) in [6.45, 7) is 0.382. The number of amides is 2. The Morgan fingerprint density at radius 3 is 2.73 bits per heavy atom. The van der Waals surface area contributed by atoms with E-state index in [9.17, 15) is 14.5 Å². The Hall–Kier alpha value is -3.48. The molecule has 0 saturated heterocycles. The summed E-state index contributed by atoms with van der Waals surface area (Å²) in [5.41, 5.74) is 2.72. The van der Waals surface area contributed by atoms with Crippen molar-refractivity contribution in [3.8, 4) is 0 Å². The number of para-hydroxylation sites is 1. The van der Waals surface area contributed by atoms with Crippen LogP contribution in [0, 0.1) is 4.91 Å². The molecule has 1 aliphatic heterocycles. The van der Waals surface area contributed by atoms with Crippen LogP contribution in [0.1, 0.15) is 38.9 Å². The zero-order chi connectivity index (χ0) is 18.1. The number of nitroso groups, excluding NO2 is 1. The summed E-state index contributed by atoms with van der Waals surface area (Å²) in [5, 5.41) is 9.43. The number of aromatic amines is 1. The van der Waals surface area contributed by atoms with E-state index in [0.717, 1.165) is 0 Å². The van der Waals surface area contributed by atoms with Crippen molar-refractivity contribution < 1.29 is 9.59 Å². The molecule has 0 radical (unpaired) electrons. The molecule has 1 aliphatic rings. The lowest BCUT2D eigenvalue weighted by Gasteiger charge is -2.08. The summed E-state index contributed by atoms with van der Waals surface area (Å²) in [4.78, 5) is 39.1. The fourth-order valence-corrected chi connectivity index (χ4v) is 3.26. The van der Waals surface area contributed by atoms with Crippen molar-refractivity contribution in [2.45, 2.75) is 12.5 Å². The number of hydrogen-bond donors (Lipinski definition) is 3. The lowest BCUT2D eigenvalue weighted by atomic mass is 10.00. The van der Waals surface area contributed by atoms with Gasteiger partial charge in [-0.1, -0.05) is 23.4 Å². The maximum Gasteiger partial charge on any atom is 0.268 e. The first-order valence-corrected chi connectivity index (χ1v) is 8.30. The van der Waals surface area contributed by atoms with Gasteiger partial charge in [-0.05, 0) is 36.8 Å². The molecule has 130 valence electrons. The van der Waals surface area contributed by atoms with Gasteiger partial charge in [-0.3, -0.25) is 9.59 Å². The van der Waals surface area contributed by atoms with Crippen LogP contribution in [-0.2, 0) is 0 Å². The van der Waals surface area contributed by atoms with Gasteiger partial charge in [0, 0.05) is 34.3 Å². The summed E-state index contributed by atoms with van der Waals surface area (Å²) in [5.74, 6) is -0.528. The largest absolute Gasteiger partial charge is 0.351 e. The Morgan fingerprint density at radius 2 is 1.96 bits per heavy atom. The number of benzene rings is 2. The highest BCUT2D eigenvalue weighted by Gasteiger charge is 2.28. The quantitative estimate of drug-likeness (QED) is 0.632. The molecule has 0 fully saturated rings. The molecule has 0 saturated carbocycles. The number of rotatable bonds is 3. The van der Waals surface area contributed by atoms with Crippen LogP contribution in [0.25, 0.3) is 10.9 Å². The second-order valence-corrected chi connectivity index (χ2v) is 6.16. The molecular weight excluding hydrogens is 332 g/mol. The van der Waals surface area contributed by atoms with Gasteiger partial charge in [0.2, 0.25) is 0 Å². The zero-order valence-electron chi connectivity index (χ0n) is 13.8. The van der Waals surface area contributed by atoms with E-state index in [-0.39, 0.29) is 11.8 Å². The average molecular weight is 348 g/mol. The summed E-state index contributed by atoms with van der Waals surface area (Å²) >= 11 is 0. The lowest BCUT2D eigenvalue weighted by molar-refractivity contribution is 0.0951. The summed E-state index contributed by atoms with van der Waals surface area (Å²) in [6, 6.07) is 13.6. The number of carbonyl (C=O) groups excluding carboxylic acids is 2. The third kappa shape index (κ3) is 2.73. The van der Waals surface area contributed by atoms with Gasteiger partial charge in [0.15, 0.2) is 0 Å². The van der Waals surface area contributed by atoms with Crippen LogP contribution >= 0.6 is 0 Å². The van der Waals surface area contributed by atoms with Gasteiger partial charge in [0.05, 0.1) is 0 Å². The lowest BCUT2D eigenvalue weighted by Crippen LogP contribution is -2.22. The van der Waals surface area contributed by atoms with Crippen LogP contribution in [0.5, 0.6) is 0 Å². The number of anilines is 1. The molecule has 1 aromatic heterocycles. The molecule has 0 spiro atoms. The van der Waals surface area contributed by atoms with Gasteiger partial charge in [-0.2, -0.15) is 4.91 Å². The number of carbonyl (C=O) groups is 2. The predicted molar refractivity (Wildman–Crippen MR) is 98.2 cm³/mol. The fraction of sp³-hybridized carbons (Fsp3) is 0.158. The van der Waals surface area contributed by atoms with E-state index in [1.807, 2.05) is 18.2 Å². The van der Waals surface area contributed by atoms with Gasteiger partial charge in [-0.15, -0.1) is 0 Å². The first-order chi connectivity index (χ1) is 12.7. The number of nitrogens with zero attached hydrogens (tertiary/aromatic N) is 1. The second kappa shape index (κ2) is 6.44. The highest BCUT2D eigenvalue weighted by atomic mass is 16.3. The first kappa shape index (κ1) is 16.0. The van der Waals surface area contributed by atoms with E-state index in [1.54, 1.807) is 30.3 Å². The van der Waals surface area contributed by atoms with E-state index in [1.165, 1.54) is 0 Å². The Kier molecular flexibility index (Phi) is 3.96. The number of aromatic nitrogens is 1. The normalized spacial score (nSPS) is 16.5. The first-order valence-electron chi connectivity index (χ1n) is 8.30. The van der Waals surface area contributed by atoms with Crippen molar-refractivity contribution in [3.63, 3.8) is 0 Å². The molecule has 0 bridgehead atoms. The van der Waals surface area contributed by atoms with Crippen molar-refractivity contribution in [2.24, 2.45) is 5.18 Å². The van der Waals surface area contributed by atoms with Crippen LogP contribution in [-0.4, -0.2) is 23.3 Å². The molecule has 0 aliphatic carbocycles. The Labute approximate surface area is 148 Å². The van der Waals surface area contributed by atoms with E-state index in [0.29, 0.717) is 46.4 Å². The smallest absolute Gasteiger partial charge is 0.268 e. The van der Waals surface area contributed by atoms with E-state index in [2.05, 4.69) is 20.8 Å². The van der Waals surface area contributed by atoms with Crippen LogP contribution in [0.2, 0.25) is 0 Å². The average Bonchev–Trinajstić information content (AvgIpc) is 2.97. The highest BCUT2D eigenvalue weighted by molar-refractivity contribution is 6.08. The SMILES string of the molecule is O=NC1CCNC(=O)c2[nH]c3ccc(C(=O)Nc4ccccc4)cc3c21. The van der Waals surface area contributed by atoms with E-state index in [4.69, 9.17) is 0 Å². The van der Waals surface area contributed by atoms with Crippen molar-refractivity contribution in [1.29, 1.82) is 0 Å². The van der Waals surface area contributed by atoms with E-state index >= 15 is 0 Å². The molecule has 2 heterocycles. The van der Waals surface area contributed by atoms with Gasteiger partial charge >= 0.3 is 0 Å². The highest BCUT2D eigenvalue weighted by Crippen LogP contribution is 2.34. The monoisotopic (exact) mass is 348 g/mol. The summed E-state index contributed by atoms with van der Waals surface area (Å²) in [7, 11) is 0. The molecule has 3 N–H and O–H groups in total. The van der Waals surface area contributed by atoms with Gasteiger partial charge in [0.1, 0.15) is 11.7 Å². The topological polar surface area (TPSA) is 103 Å². The predicted octanol–water partition coefficient (Wildman–Crippen LogP) is 3.36. The molecule has 2 aromatic carbocycles. The Balaban J connectivity index is 1.77. The third-order valence-electron chi connectivity index (χ3n) is 4.52. The number of H-pyrrole nitrogens is 1. The van der Waals surface area contributed by atoms with Crippen molar-refractivity contribution >= 4 is 28.4 Å². The standard InChI is InChI=1S/C19H16N4O3/c24-18(21-12-4-2-1-3-5-12)11-6-7-14-13(10-11)16-15(23-26)8-9-20-19(25)17(16)22-14/h1-7,10,15,22H,8-9H2,(H,20,25)(H,21,24). The van der Waals surface area contributed by atoms with Crippen molar-refractivity contribution in [3.05, 3.63) is 70.3 Å². The summed E-state index contributed by atoms with van der Waals surface area (Å²) in [6.07, 6.45) is 0.426. The minimum Gasteiger partial charge on any atom is -0.351 e. The van der Waals surface area contributed by atoms with Gasteiger partial charge in [-0.25, -0.2) is 0 Å². The van der Waals surface area contributed by atoms with Crippen LogP contribution < -0.4 is 10.6 Å². The van der Waals surface area contributed by atoms with Gasteiger partial charge in [0.25, 0.3) is 11.8 Å². The fourth-order valence-electron chi connectivity index (χ4n) is 3.26. The van der Waals surface area contributed by atoms with E-state index < -0.39 is 6.04 Å². The number of nitrogens with one attached hydrogen (secondary N) is 3. The van der Waals surface area contributed by atoms with Crippen LogP contribution in [0.15, 0.2) is 53.7 Å². The molecule has 7 nitrogen and oxygen atoms in total. The van der Waals surface area contributed by atoms with Crippen molar-refractivity contribution in [2.75, 3.05) is 11.9 Å². The molecular formula is C19H16N4O3. The molecule has 1 atom stereocenters. The molecule has 1 unspecified atom stereocenters. The number of hydrogen-bond acceptors (Lipinski definition) is 4. The third-order valence-corrected chi connectivity index (χ3v) is 4.52. The molecule has 3 aromatic rings. The molecule has 2 amide bonds. The Bertz CT molecular complexity index is 1010. The minimum absolute atomic E-state index is 0.262. The maximum atomic E-state index is 12.5. The number of fused-ring (bicyclic) bond motifs is 3. The summed E-state index contributed by atoms with van der Waals surface area (Å²) < 4.78 is 0. The second-order valence-electron chi connectivity index (χ2n) is 6.16. The van der Waals surface area contributed by atoms with Crippen LogP contribution in [0.4, 0.5) is 5.69 Å². The zero-order valence-corrected chi connectivity index (χ0v) is 13.8. The maximum absolute atomic E-state index is 12.5. The van der Waals surface area contributed by atoms with Crippen molar-refractivity contribution in [1.82, 2.24) is 10.3 Å².